The highest BCUT2D eigenvalue weighted by molar-refractivity contribution is 7.12. The van der Waals surface area contributed by atoms with Gasteiger partial charge >= 0.3 is 11.8 Å². The second kappa shape index (κ2) is 10.2. The molecule has 0 radical (unpaired) electrons. The number of carbonyl (C=O) groups excluding carboxylic acids is 2. The number of aromatic nitrogens is 3. The van der Waals surface area contributed by atoms with E-state index in [2.05, 4.69) is 10.3 Å². The first-order valence-electron chi connectivity index (χ1n) is 12.5. The van der Waals surface area contributed by atoms with Gasteiger partial charge in [-0.25, -0.2) is 23.5 Å². The van der Waals surface area contributed by atoms with Gasteiger partial charge in [0.1, 0.15) is 17.1 Å². The molecule has 0 saturated carbocycles. The molecule has 3 heterocycles. The van der Waals surface area contributed by atoms with Crippen LogP contribution < -0.4 is 15.9 Å². The van der Waals surface area contributed by atoms with E-state index in [0.29, 0.717) is 48.2 Å². The predicted octanol–water partition coefficient (Wildman–Crippen LogP) is 4.23. The van der Waals surface area contributed by atoms with E-state index in [1.807, 2.05) is 49.9 Å². The summed E-state index contributed by atoms with van der Waals surface area (Å²) in [7, 11) is 1.68. The summed E-state index contributed by atoms with van der Waals surface area (Å²) in [5.74, 6) is -1.02. The van der Waals surface area contributed by atoms with Crippen molar-refractivity contribution in [1.82, 2.24) is 19.0 Å². The number of amides is 2. The monoisotopic (exact) mass is 552 g/mol. The number of thiazole rings is 1. The van der Waals surface area contributed by atoms with Crippen molar-refractivity contribution >= 4 is 45.7 Å². The standard InChI is InChI=1S/C27H29FN6O4S/c1-27(2,3)38-26(37)33-13-11-32(12-14-33)20-10-9-17(28)15-18(20)29-23(35)19-16-39-24(30-19)34-22-8-6-5-7-21(22)31(4)25(34)36/h5-10,15-16H,11-14H2,1-4H3,(H,29,35). The summed E-state index contributed by atoms with van der Waals surface area (Å²) in [6, 6.07) is 11.5. The predicted molar refractivity (Wildman–Crippen MR) is 149 cm³/mol. The van der Waals surface area contributed by atoms with Crippen molar-refractivity contribution < 1.29 is 18.7 Å². The fourth-order valence-corrected chi connectivity index (χ4v) is 5.29. The molecule has 2 aromatic carbocycles. The van der Waals surface area contributed by atoms with Crippen LogP contribution in [0.15, 0.2) is 52.6 Å². The molecule has 0 unspecified atom stereocenters. The smallest absolute Gasteiger partial charge is 0.410 e. The Morgan fingerprint density at radius 2 is 1.74 bits per heavy atom. The molecule has 0 spiro atoms. The molecule has 39 heavy (non-hydrogen) atoms. The fourth-order valence-electron chi connectivity index (χ4n) is 4.48. The van der Waals surface area contributed by atoms with Crippen LogP contribution in [0.4, 0.5) is 20.6 Å². The molecule has 1 N–H and O–H groups in total. The third-order valence-electron chi connectivity index (χ3n) is 6.36. The molecule has 1 saturated heterocycles. The fraction of sp³-hybridized carbons (Fsp3) is 0.333. The van der Waals surface area contributed by atoms with Crippen LogP contribution in [-0.2, 0) is 11.8 Å². The van der Waals surface area contributed by atoms with Crippen LogP contribution in [0.1, 0.15) is 31.3 Å². The quantitative estimate of drug-likeness (QED) is 0.407. The lowest BCUT2D eigenvalue weighted by atomic mass is 10.2. The van der Waals surface area contributed by atoms with E-state index in [0.717, 1.165) is 5.52 Å². The number of piperazine rings is 1. The Hall–Kier alpha value is -4.19. The van der Waals surface area contributed by atoms with Gasteiger partial charge in [-0.3, -0.25) is 9.36 Å². The maximum Gasteiger partial charge on any atom is 0.410 e. The van der Waals surface area contributed by atoms with Crippen molar-refractivity contribution in [3.8, 4) is 5.13 Å². The lowest BCUT2D eigenvalue weighted by Gasteiger charge is -2.37. The number of rotatable bonds is 4. The zero-order valence-electron chi connectivity index (χ0n) is 22.1. The van der Waals surface area contributed by atoms with Gasteiger partial charge in [0.2, 0.25) is 0 Å². The Kier molecular flexibility index (Phi) is 6.89. The van der Waals surface area contributed by atoms with E-state index in [4.69, 9.17) is 4.74 Å². The average molecular weight is 553 g/mol. The highest BCUT2D eigenvalue weighted by atomic mass is 32.1. The highest BCUT2D eigenvalue weighted by Gasteiger charge is 2.27. The molecule has 1 aliphatic heterocycles. The third-order valence-corrected chi connectivity index (χ3v) is 7.18. The minimum atomic E-state index is -0.584. The van der Waals surface area contributed by atoms with Crippen LogP contribution >= 0.6 is 11.3 Å². The van der Waals surface area contributed by atoms with Crippen molar-refractivity contribution in [2.45, 2.75) is 26.4 Å². The summed E-state index contributed by atoms with van der Waals surface area (Å²) >= 11 is 1.17. The van der Waals surface area contributed by atoms with Gasteiger partial charge in [-0.2, -0.15) is 0 Å². The average Bonchev–Trinajstić information content (AvgIpc) is 3.46. The number of para-hydroxylation sites is 2. The largest absolute Gasteiger partial charge is 0.444 e. The molecular formula is C27H29FN6O4S. The number of imidazole rings is 1. The van der Waals surface area contributed by atoms with Gasteiger partial charge in [0.15, 0.2) is 5.13 Å². The lowest BCUT2D eigenvalue weighted by molar-refractivity contribution is 0.0240. The van der Waals surface area contributed by atoms with Gasteiger partial charge in [-0.15, -0.1) is 11.3 Å². The Bertz CT molecular complexity index is 1610. The van der Waals surface area contributed by atoms with Crippen LogP contribution in [0.5, 0.6) is 0 Å². The van der Waals surface area contributed by atoms with Crippen molar-refractivity contribution in [2.24, 2.45) is 7.05 Å². The maximum atomic E-state index is 14.2. The molecule has 4 aromatic rings. The van der Waals surface area contributed by atoms with Crippen LogP contribution in [-0.4, -0.2) is 62.8 Å². The van der Waals surface area contributed by atoms with Gasteiger partial charge in [0, 0.05) is 38.6 Å². The summed E-state index contributed by atoms with van der Waals surface area (Å²) in [6.45, 7) is 7.28. The molecule has 1 fully saturated rings. The first-order chi connectivity index (χ1) is 18.5. The summed E-state index contributed by atoms with van der Waals surface area (Å²) in [5.41, 5.74) is 1.62. The number of nitrogens with one attached hydrogen (secondary N) is 1. The van der Waals surface area contributed by atoms with Crippen LogP contribution in [0.3, 0.4) is 0 Å². The van der Waals surface area contributed by atoms with E-state index in [-0.39, 0.29) is 17.5 Å². The van der Waals surface area contributed by atoms with Gasteiger partial charge in [-0.1, -0.05) is 12.1 Å². The number of hydrogen-bond donors (Lipinski definition) is 1. The van der Waals surface area contributed by atoms with Crippen LogP contribution in [0.25, 0.3) is 16.2 Å². The third kappa shape index (κ3) is 5.37. The molecule has 0 aliphatic carbocycles. The molecule has 204 valence electrons. The zero-order valence-corrected chi connectivity index (χ0v) is 22.9. The molecule has 2 amide bonds. The number of halogens is 1. The SMILES string of the molecule is Cn1c(=O)n(-c2nc(C(=O)Nc3cc(F)ccc3N3CCN(C(=O)OC(C)(C)C)CC3)cs2)c2ccccc21. The molecule has 0 bridgehead atoms. The van der Waals surface area contributed by atoms with Crippen molar-refractivity contribution in [3.63, 3.8) is 0 Å². The molecule has 0 atom stereocenters. The first kappa shape index (κ1) is 26.4. The molecule has 12 heteroatoms. The van der Waals surface area contributed by atoms with Crippen molar-refractivity contribution in [2.75, 3.05) is 36.4 Å². The molecule has 2 aromatic heterocycles. The topological polar surface area (TPSA) is 102 Å². The summed E-state index contributed by atoms with van der Waals surface area (Å²) in [4.78, 5) is 46.5. The van der Waals surface area contributed by atoms with Gasteiger partial charge in [0.05, 0.1) is 22.4 Å². The summed E-state index contributed by atoms with van der Waals surface area (Å²) in [6.07, 6.45) is -0.376. The number of hydrogen-bond acceptors (Lipinski definition) is 7. The Labute approximate surface area is 228 Å². The number of fused-ring (bicyclic) bond motifs is 1. The Morgan fingerprint density at radius 1 is 1.05 bits per heavy atom. The minimum Gasteiger partial charge on any atom is -0.444 e. The molecule has 5 rings (SSSR count). The number of ether oxygens (including phenoxy) is 1. The first-order valence-corrected chi connectivity index (χ1v) is 13.4. The van der Waals surface area contributed by atoms with E-state index in [1.54, 1.807) is 23.4 Å². The van der Waals surface area contributed by atoms with Crippen molar-refractivity contribution in [1.29, 1.82) is 0 Å². The summed E-state index contributed by atoms with van der Waals surface area (Å²) in [5, 5.41) is 4.71. The van der Waals surface area contributed by atoms with E-state index < -0.39 is 17.3 Å². The van der Waals surface area contributed by atoms with Gasteiger partial charge in [-0.05, 0) is 51.1 Å². The maximum absolute atomic E-state index is 14.2. The lowest BCUT2D eigenvalue weighted by Crippen LogP contribution is -2.50. The Morgan fingerprint density at radius 3 is 2.44 bits per heavy atom. The molecular weight excluding hydrogens is 523 g/mol. The number of nitrogens with zero attached hydrogens (tertiary/aromatic N) is 5. The van der Waals surface area contributed by atoms with Crippen molar-refractivity contribution in [3.05, 3.63) is 69.8 Å². The Balaban J connectivity index is 1.34. The number of carbonyl (C=O) groups is 2. The second-order valence-corrected chi connectivity index (χ2v) is 11.1. The van der Waals surface area contributed by atoms with Gasteiger partial charge in [0.25, 0.3) is 5.91 Å². The number of benzene rings is 2. The normalized spacial score (nSPS) is 14.1. The van der Waals surface area contributed by atoms with Crippen LogP contribution in [0, 0.1) is 5.82 Å². The number of aryl methyl sites for hydroxylation is 1. The molecule has 10 nitrogen and oxygen atoms in total. The van der Waals surface area contributed by atoms with E-state index in [1.165, 1.54) is 32.6 Å². The van der Waals surface area contributed by atoms with E-state index in [9.17, 15) is 18.8 Å². The zero-order chi connectivity index (χ0) is 27.9. The second-order valence-electron chi connectivity index (χ2n) is 10.3. The summed E-state index contributed by atoms with van der Waals surface area (Å²) < 4.78 is 22.7. The van der Waals surface area contributed by atoms with E-state index >= 15 is 0 Å². The van der Waals surface area contributed by atoms with Gasteiger partial charge < -0.3 is 19.9 Å². The van der Waals surface area contributed by atoms with Crippen LogP contribution in [0.2, 0.25) is 0 Å². The highest BCUT2D eigenvalue weighted by Crippen LogP contribution is 2.29. The number of anilines is 2. The minimum absolute atomic E-state index is 0.111. The molecule has 1 aliphatic rings.